The Bertz CT molecular complexity index is 1530. The third kappa shape index (κ3) is 5.94. The Balaban J connectivity index is 1.41. The van der Waals surface area contributed by atoms with Gasteiger partial charge >= 0.3 is 18.1 Å². The number of alkyl halides is 3. The van der Waals surface area contributed by atoms with Crippen LogP contribution in [-0.2, 0) is 30.7 Å². The van der Waals surface area contributed by atoms with Gasteiger partial charge in [0, 0.05) is 0 Å². The summed E-state index contributed by atoms with van der Waals surface area (Å²) in [7, 11) is -4.04. The van der Waals surface area contributed by atoms with E-state index in [0.29, 0.717) is 44.1 Å². The molecule has 43 heavy (non-hydrogen) atoms. The number of sulfone groups is 1. The average molecular weight is 625 g/mol. The number of hydrogen-bond donors (Lipinski definition) is 2. The molecule has 14 heteroatoms. The fourth-order valence-electron chi connectivity index (χ4n) is 6.01. The van der Waals surface area contributed by atoms with E-state index in [1.807, 2.05) is 0 Å². The number of carbonyl (C=O) groups excluding carboxylic acids is 2. The Morgan fingerprint density at radius 3 is 2.23 bits per heavy atom. The molecule has 1 amide bonds. The second kappa shape index (κ2) is 10.8. The van der Waals surface area contributed by atoms with Gasteiger partial charge in [0.05, 0.1) is 39.9 Å². The van der Waals surface area contributed by atoms with Crippen LogP contribution in [0.3, 0.4) is 0 Å². The van der Waals surface area contributed by atoms with Crippen LogP contribution >= 0.6 is 0 Å². The largest absolute Gasteiger partial charge is 0.481 e. The number of benzene rings is 2. The lowest BCUT2D eigenvalue weighted by atomic mass is 9.58. The number of amides is 1. The molecule has 3 fully saturated rings. The molecule has 4 aliphatic rings. The summed E-state index contributed by atoms with van der Waals surface area (Å²) in [5, 5.41) is 9.64. The zero-order valence-electron chi connectivity index (χ0n) is 23.2. The summed E-state index contributed by atoms with van der Waals surface area (Å²) < 4.78 is 75.7. The summed E-state index contributed by atoms with van der Waals surface area (Å²) >= 11 is 0. The maximum atomic E-state index is 13.3. The number of nitrogens with zero attached hydrogens (tertiary/aromatic N) is 1. The van der Waals surface area contributed by atoms with Gasteiger partial charge in [0.2, 0.25) is 5.91 Å². The van der Waals surface area contributed by atoms with Gasteiger partial charge in [-0.05, 0) is 81.3 Å². The van der Waals surface area contributed by atoms with Gasteiger partial charge < -0.3 is 25.2 Å². The minimum atomic E-state index is -4.56. The molecule has 0 spiro atoms. The lowest BCUT2D eigenvalue weighted by Gasteiger charge is -2.50. The molecule has 1 aliphatic heterocycles. The highest BCUT2D eigenvalue weighted by Gasteiger charge is 2.54. The molecular weight excluding hydrogens is 593 g/mol. The van der Waals surface area contributed by atoms with Gasteiger partial charge in [-0.3, -0.25) is 9.59 Å². The Kier molecular flexibility index (Phi) is 7.74. The highest BCUT2D eigenvalue weighted by atomic mass is 32.2. The number of halogens is 3. The molecule has 0 aromatic heterocycles. The Hall–Kier alpha value is -3.65. The van der Waals surface area contributed by atoms with E-state index in [2.05, 4.69) is 0 Å². The van der Waals surface area contributed by atoms with Crippen molar-refractivity contribution in [2.45, 2.75) is 80.8 Å². The van der Waals surface area contributed by atoms with Crippen LogP contribution in [0.5, 0.6) is 5.75 Å². The van der Waals surface area contributed by atoms with Crippen LogP contribution in [0.4, 0.5) is 18.9 Å². The van der Waals surface area contributed by atoms with Crippen LogP contribution in [0, 0.1) is 5.41 Å². The van der Waals surface area contributed by atoms with Crippen LogP contribution in [-0.4, -0.2) is 61.0 Å². The third-order valence-corrected chi connectivity index (χ3v) is 10.6. The topological polar surface area (TPSA) is 153 Å². The predicted octanol–water partition coefficient (Wildman–Crippen LogP) is 4.00. The van der Waals surface area contributed by atoms with Crippen LogP contribution in [0.25, 0.3) is 0 Å². The number of rotatable bonds is 7. The molecule has 3 aliphatic carbocycles. The maximum Gasteiger partial charge on any atom is 0.425 e. The van der Waals surface area contributed by atoms with Crippen LogP contribution in [0.15, 0.2) is 47.4 Å². The van der Waals surface area contributed by atoms with E-state index in [-0.39, 0.29) is 28.4 Å². The van der Waals surface area contributed by atoms with E-state index < -0.39 is 62.8 Å². The number of nitrogens with two attached hydrogens (primary N) is 1. The summed E-state index contributed by atoms with van der Waals surface area (Å²) in [6, 6.07) is 7.88. The number of ether oxygens (including phenoxy) is 2. The minimum absolute atomic E-state index is 0.00197. The zero-order chi connectivity index (χ0) is 31.4. The van der Waals surface area contributed by atoms with Crippen molar-refractivity contribution in [1.29, 1.82) is 0 Å². The molecular formula is C29H31F3N2O8S. The van der Waals surface area contributed by atoms with E-state index in [4.69, 9.17) is 15.2 Å². The van der Waals surface area contributed by atoms with Gasteiger partial charge in [0.25, 0.3) is 0 Å². The van der Waals surface area contributed by atoms with Crippen molar-refractivity contribution in [3.8, 4) is 5.75 Å². The molecule has 0 unspecified atom stereocenters. The molecule has 3 N–H and O–H groups in total. The SMILES string of the molecule is C[C@@H](Oc1ccc(CN2C(=O)[C@@H](N)CS(=O)(=O)c3ccc(C(=O)OC45CCC(C(=O)O)(CC4)CC5)cc32)cc1)C(F)(F)F. The van der Waals surface area contributed by atoms with Crippen LogP contribution < -0.4 is 15.4 Å². The lowest BCUT2D eigenvalue weighted by Crippen LogP contribution is -2.51. The molecule has 1 heterocycles. The van der Waals surface area contributed by atoms with Gasteiger partial charge in [-0.15, -0.1) is 0 Å². The number of hydrogen-bond acceptors (Lipinski definition) is 8. The summed E-state index contributed by atoms with van der Waals surface area (Å²) in [5.41, 5.74) is 4.71. The number of carboxylic acid groups (broad SMARTS) is 1. The molecule has 0 radical (unpaired) electrons. The summed E-state index contributed by atoms with van der Waals surface area (Å²) in [5.74, 6) is -3.01. The zero-order valence-corrected chi connectivity index (χ0v) is 24.0. The van der Waals surface area contributed by atoms with Crippen LogP contribution in [0.1, 0.15) is 61.4 Å². The molecule has 6 rings (SSSR count). The maximum absolute atomic E-state index is 13.3. The highest BCUT2D eigenvalue weighted by molar-refractivity contribution is 7.91. The molecule has 10 nitrogen and oxygen atoms in total. The lowest BCUT2D eigenvalue weighted by molar-refractivity contribution is -0.189. The van der Waals surface area contributed by atoms with Crippen molar-refractivity contribution >= 4 is 33.4 Å². The van der Waals surface area contributed by atoms with E-state index in [1.54, 1.807) is 0 Å². The van der Waals surface area contributed by atoms with Gasteiger partial charge in [0.15, 0.2) is 15.9 Å². The first-order chi connectivity index (χ1) is 20.0. The molecule has 232 valence electrons. The molecule has 3 saturated carbocycles. The summed E-state index contributed by atoms with van der Waals surface area (Å²) in [6.45, 7) is 0.681. The average Bonchev–Trinajstić information content (AvgIpc) is 3.02. The predicted molar refractivity (Wildman–Crippen MR) is 146 cm³/mol. The number of aliphatic carboxylic acids is 1. The fourth-order valence-corrected chi connectivity index (χ4v) is 7.56. The van der Waals surface area contributed by atoms with E-state index in [9.17, 15) is 41.1 Å². The summed E-state index contributed by atoms with van der Waals surface area (Å²) in [6.07, 6.45) is -4.26. The first kappa shape index (κ1) is 30.8. The van der Waals surface area contributed by atoms with Crippen molar-refractivity contribution < 1.29 is 50.6 Å². The summed E-state index contributed by atoms with van der Waals surface area (Å²) in [4.78, 5) is 39.4. The molecule has 2 aromatic rings. The van der Waals surface area contributed by atoms with Gasteiger partial charge in [-0.1, -0.05) is 12.1 Å². The standard InChI is InChI=1S/C29H31F3N2O8S/c1-17(29(30,31)32)41-20-5-2-18(3-6-20)15-34-22-14-19(4-7-23(22)43(39,40)16-21(33)24(34)35)25(36)42-28-11-8-27(9-12-28,10-13-28)26(37)38/h2-7,14,17,21H,8-13,15-16,33H2,1H3,(H,37,38)/t17-,21+,27?,28?/m1/s1. The van der Waals surface area contributed by atoms with Gasteiger partial charge in [-0.2, -0.15) is 13.2 Å². The van der Waals surface area contributed by atoms with Crippen molar-refractivity contribution in [2.75, 3.05) is 10.7 Å². The minimum Gasteiger partial charge on any atom is -0.481 e. The molecule has 2 aromatic carbocycles. The van der Waals surface area contributed by atoms with Crippen molar-refractivity contribution in [1.82, 2.24) is 0 Å². The molecule has 2 bridgehead atoms. The van der Waals surface area contributed by atoms with Crippen molar-refractivity contribution in [2.24, 2.45) is 11.1 Å². The Morgan fingerprint density at radius 1 is 1.07 bits per heavy atom. The fraction of sp³-hybridized carbons (Fsp3) is 0.483. The first-order valence-electron chi connectivity index (χ1n) is 13.8. The van der Waals surface area contributed by atoms with E-state index >= 15 is 0 Å². The third-order valence-electron chi connectivity index (χ3n) is 8.78. The first-order valence-corrected chi connectivity index (χ1v) is 15.4. The van der Waals surface area contributed by atoms with E-state index in [1.165, 1.54) is 42.5 Å². The smallest absolute Gasteiger partial charge is 0.425 e. The number of carboxylic acids is 1. The van der Waals surface area contributed by atoms with Crippen molar-refractivity contribution in [3.63, 3.8) is 0 Å². The number of esters is 1. The molecule has 2 atom stereocenters. The van der Waals surface area contributed by atoms with E-state index in [0.717, 1.165) is 11.8 Å². The van der Waals surface area contributed by atoms with Crippen LogP contribution in [0.2, 0.25) is 0 Å². The Morgan fingerprint density at radius 2 is 1.67 bits per heavy atom. The quantitative estimate of drug-likeness (QED) is 0.435. The number of anilines is 1. The molecule has 0 saturated heterocycles. The number of carbonyl (C=O) groups is 3. The second-order valence-corrected chi connectivity index (χ2v) is 13.6. The second-order valence-electron chi connectivity index (χ2n) is 11.6. The monoisotopic (exact) mass is 624 g/mol. The number of fused-ring (bicyclic) bond motifs is 4. The van der Waals surface area contributed by atoms with Gasteiger partial charge in [0.1, 0.15) is 11.4 Å². The normalized spacial score (nSPS) is 27.1. The highest BCUT2D eigenvalue weighted by Crippen LogP contribution is 2.54. The Labute approximate surface area is 245 Å². The van der Waals surface area contributed by atoms with Gasteiger partial charge in [-0.25, -0.2) is 13.2 Å². The van der Waals surface area contributed by atoms with Crippen molar-refractivity contribution in [3.05, 3.63) is 53.6 Å².